The van der Waals surface area contributed by atoms with Crippen molar-refractivity contribution in [2.24, 2.45) is 10.7 Å². The van der Waals surface area contributed by atoms with Gasteiger partial charge in [0.1, 0.15) is 0 Å². The average molecular weight is 478 g/mol. The fraction of sp³-hybridized carbons (Fsp3) is 0.333. The van der Waals surface area contributed by atoms with E-state index in [0.717, 1.165) is 24.6 Å². The average Bonchev–Trinajstić information content (AvgIpc) is 3.46. The van der Waals surface area contributed by atoms with Gasteiger partial charge in [-0.25, -0.2) is 4.99 Å². The summed E-state index contributed by atoms with van der Waals surface area (Å²) < 4.78 is 0. The monoisotopic (exact) mass is 478 g/mol. The van der Waals surface area contributed by atoms with E-state index in [2.05, 4.69) is 52.9 Å². The van der Waals surface area contributed by atoms with E-state index in [1.165, 1.54) is 18.4 Å². The van der Waals surface area contributed by atoms with Crippen LogP contribution >= 0.6 is 24.0 Å². The Morgan fingerprint density at radius 3 is 2.30 bits per heavy atom. The molecular formula is C21H27IN4O. The number of hydrogen-bond acceptors (Lipinski definition) is 2. The highest BCUT2D eigenvalue weighted by molar-refractivity contribution is 14.0. The molecule has 144 valence electrons. The number of aliphatic imine (C=N–C) groups is 1. The summed E-state index contributed by atoms with van der Waals surface area (Å²) in [5, 5.41) is 6.79. The molecule has 0 bridgehead atoms. The number of nitrogens with two attached hydrogens (primary N) is 1. The second-order valence-corrected chi connectivity index (χ2v) is 6.76. The maximum absolute atomic E-state index is 11.1. The summed E-state index contributed by atoms with van der Waals surface area (Å²) in [5.41, 5.74) is 8.46. The van der Waals surface area contributed by atoms with E-state index in [1.807, 2.05) is 12.1 Å². The summed E-state index contributed by atoms with van der Waals surface area (Å²) in [7, 11) is 0. The Labute approximate surface area is 177 Å². The molecule has 2 aromatic carbocycles. The second kappa shape index (κ2) is 9.73. The van der Waals surface area contributed by atoms with Crippen molar-refractivity contribution in [1.82, 2.24) is 10.6 Å². The highest BCUT2D eigenvalue weighted by Crippen LogP contribution is 2.47. The Hall–Kier alpha value is -2.09. The van der Waals surface area contributed by atoms with E-state index in [1.54, 1.807) is 12.1 Å². The van der Waals surface area contributed by atoms with Crippen molar-refractivity contribution in [3.05, 3.63) is 71.3 Å². The van der Waals surface area contributed by atoms with Gasteiger partial charge in [-0.2, -0.15) is 0 Å². The number of amides is 1. The van der Waals surface area contributed by atoms with Crippen LogP contribution in [0.3, 0.4) is 0 Å². The van der Waals surface area contributed by atoms with E-state index in [0.29, 0.717) is 12.1 Å². The predicted molar refractivity (Wildman–Crippen MR) is 121 cm³/mol. The van der Waals surface area contributed by atoms with Gasteiger partial charge in [0.05, 0.1) is 6.54 Å². The number of guanidine groups is 1. The molecule has 0 aliphatic heterocycles. The van der Waals surface area contributed by atoms with Crippen LogP contribution in [0.1, 0.15) is 41.3 Å². The van der Waals surface area contributed by atoms with E-state index >= 15 is 0 Å². The zero-order valence-electron chi connectivity index (χ0n) is 15.6. The lowest BCUT2D eigenvalue weighted by Crippen LogP contribution is -2.41. The van der Waals surface area contributed by atoms with Crippen LogP contribution in [-0.4, -0.2) is 25.0 Å². The van der Waals surface area contributed by atoms with Crippen LogP contribution in [0.25, 0.3) is 0 Å². The number of halogens is 1. The molecule has 0 aromatic heterocycles. The minimum absolute atomic E-state index is 0. The molecule has 0 saturated heterocycles. The van der Waals surface area contributed by atoms with Gasteiger partial charge in [0.25, 0.3) is 0 Å². The fourth-order valence-electron chi connectivity index (χ4n) is 3.05. The van der Waals surface area contributed by atoms with Gasteiger partial charge in [-0.3, -0.25) is 4.79 Å². The van der Waals surface area contributed by atoms with Crippen LogP contribution in [0.4, 0.5) is 0 Å². The number of nitrogens with zero attached hydrogens (tertiary/aromatic N) is 1. The third-order valence-electron chi connectivity index (χ3n) is 4.84. The first-order valence-corrected chi connectivity index (χ1v) is 9.09. The van der Waals surface area contributed by atoms with Gasteiger partial charge < -0.3 is 16.4 Å². The molecule has 0 unspecified atom stereocenters. The molecule has 27 heavy (non-hydrogen) atoms. The van der Waals surface area contributed by atoms with Crippen molar-refractivity contribution in [3.8, 4) is 0 Å². The number of rotatable bonds is 7. The SMILES string of the molecule is CCNC(=NCc1ccc(C(N)=O)cc1)NCC1(c2ccccc2)CC1.I. The largest absolute Gasteiger partial charge is 0.366 e. The first-order valence-electron chi connectivity index (χ1n) is 9.09. The Morgan fingerprint density at radius 1 is 1.07 bits per heavy atom. The predicted octanol–water partition coefficient (Wildman–Crippen LogP) is 3.19. The highest BCUT2D eigenvalue weighted by atomic mass is 127. The highest BCUT2D eigenvalue weighted by Gasteiger charge is 2.43. The van der Waals surface area contributed by atoms with Crippen molar-refractivity contribution in [2.45, 2.75) is 31.7 Å². The van der Waals surface area contributed by atoms with Crippen molar-refractivity contribution in [1.29, 1.82) is 0 Å². The molecule has 0 heterocycles. The first-order chi connectivity index (χ1) is 12.6. The quantitative estimate of drug-likeness (QED) is 0.325. The molecular weight excluding hydrogens is 451 g/mol. The molecule has 0 atom stereocenters. The third kappa shape index (κ3) is 5.69. The molecule has 1 saturated carbocycles. The summed E-state index contributed by atoms with van der Waals surface area (Å²) in [6, 6.07) is 17.9. The van der Waals surface area contributed by atoms with Crippen LogP contribution in [-0.2, 0) is 12.0 Å². The van der Waals surface area contributed by atoms with Crippen LogP contribution < -0.4 is 16.4 Å². The van der Waals surface area contributed by atoms with Gasteiger partial charge in [-0.1, -0.05) is 42.5 Å². The molecule has 6 heteroatoms. The maximum Gasteiger partial charge on any atom is 0.248 e. The Bertz CT molecular complexity index is 771. The van der Waals surface area contributed by atoms with Gasteiger partial charge in [0.15, 0.2) is 5.96 Å². The summed E-state index contributed by atoms with van der Waals surface area (Å²) >= 11 is 0. The number of nitrogens with one attached hydrogen (secondary N) is 2. The zero-order valence-corrected chi connectivity index (χ0v) is 17.9. The lowest BCUT2D eigenvalue weighted by molar-refractivity contribution is 0.100. The Morgan fingerprint density at radius 2 is 1.74 bits per heavy atom. The van der Waals surface area contributed by atoms with Crippen LogP contribution in [0, 0.1) is 0 Å². The standard InChI is InChI=1S/C21H26N4O.HI/c1-2-23-20(24-14-16-8-10-17(11-9-16)19(22)26)25-15-21(12-13-21)18-6-4-3-5-7-18;/h3-11H,2,12-15H2,1H3,(H2,22,26)(H2,23,24,25);1H. The lowest BCUT2D eigenvalue weighted by atomic mass is 9.96. The lowest BCUT2D eigenvalue weighted by Gasteiger charge is -2.19. The molecule has 4 N–H and O–H groups in total. The van der Waals surface area contributed by atoms with E-state index < -0.39 is 5.91 Å². The smallest absolute Gasteiger partial charge is 0.248 e. The number of carbonyl (C=O) groups excluding carboxylic acids is 1. The number of primary amides is 1. The summed E-state index contributed by atoms with van der Waals surface area (Å²) in [6.07, 6.45) is 2.41. The zero-order chi connectivity index (χ0) is 18.4. The fourth-order valence-corrected chi connectivity index (χ4v) is 3.05. The van der Waals surface area contributed by atoms with Crippen LogP contribution in [0.5, 0.6) is 0 Å². The molecule has 1 aliphatic rings. The van der Waals surface area contributed by atoms with E-state index in [4.69, 9.17) is 5.73 Å². The molecule has 1 amide bonds. The molecule has 0 radical (unpaired) electrons. The number of hydrogen-bond donors (Lipinski definition) is 3. The molecule has 5 nitrogen and oxygen atoms in total. The topological polar surface area (TPSA) is 79.5 Å². The number of benzene rings is 2. The minimum Gasteiger partial charge on any atom is -0.366 e. The van der Waals surface area contributed by atoms with Crippen molar-refractivity contribution >= 4 is 35.8 Å². The van der Waals surface area contributed by atoms with Gasteiger partial charge in [-0.05, 0) is 43.0 Å². The number of carbonyl (C=O) groups is 1. The molecule has 1 aliphatic carbocycles. The van der Waals surface area contributed by atoms with Gasteiger partial charge in [0.2, 0.25) is 5.91 Å². The van der Waals surface area contributed by atoms with Gasteiger partial charge in [0, 0.05) is 24.1 Å². The van der Waals surface area contributed by atoms with Crippen LogP contribution in [0.2, 0.25) is 0 Å². The van der Waals surface area contributed by atoms with Crippen molar-refractivity contribution in [2.75, 3.05) is 13.1 Å². The summed E-state index contributed by atoms with van der Waals surface area (Å²) in [6.45, 7) is 4.30. The van der Waals surface area contributed by atoms with E-state index in [9.17, 15) is 4.79 Å². The normalized spacial score (nSPS) is 14.8. The maximum atomic E-state index is 11.1. The first kappa shape index (κ1) is 21.2. The van der Waals surface area contributed by atoms with Crippen molar-refractivity contribution < 1.29 is 4.79 Å². The molecule has 1 fully saturated rings. The molecule has 0 spiro atoms. The summed E-state index contributed by atoms with van der Waals surface area (Å²) in [5.74, 6) is 0.402. The van der Waals surface area contributed by atoms with Crippen LogP contribution in [0.15, 0.2) is 59.6 Å². The molecule has 3 rings (SSSR count). The van der Waals surface area contributed by atoms with Gasteiger partial charge in [-0.15, -0.1) is 24.0 Å². The van der Waals surface area contributed by atoms with Gasteiger partial charge >= 0.3 is 0 Å². The minimum atomic E-state index is -0.411. The van der Waals surface area contributed by atoms with Crippen molar-refractivity contribution in [3.63, 3.8) is 0 Å². The molecule has 2 aromatic rings. The summed E-state index contributed by atoms with van der Waals surface area (Å²) in [4.78, 5) is 15.8. The third-order valence-corrected chi connectivity index (χ3v) is 4.84. The van der Waals surface area contributed by atoms with E-state index in [-0.39, 0.29) is 29.4 Å². The Balaban J connectivity index is 0.00000261. The second-order valence-electron chi connectivity index (χ2n) is 6.76. The Kier molecular flexibility index (Phi) is 7.65.